The predicted octanol–water partition coefficient (Wildman–Crippen LogP) is 23.0. The van der Waals surface area contributed by atoms with Crippen LogP contribution in [0.25, 0.3) is 111 Å². The molecule has 16 aromatic rings. The normalized spacial score (nSPS) is 10.2. The van der Waals surface area contributed by atoms with E-state index in [0.29, 0.717) is 11.8 Å². The average Bonchev–Trinajstić information content (AvgIpc) is 1.62. The molecule has 0 aliphatic heterocycles. The number of fused-ring (bicyclic) bond motifs is 6. The fourth-order valence-corrected chi connectivity index (χ4v) is 11.3. The SMILES string of the molecule is CC(C)c1ccnc(-c2[c-]ccc3c2oc2ccccc23)c1.CC(C)c1ccnc(-c2cccc3c2oc2ccccc23)c1.CCc1ccnc(-c2[c-]cccc2)c1.CCc1ccnc(-c2[c-]cccc2)c1.CCc1ccnc(-c2[c-]cccc2)c1.CCc1ccnc(-c2[c-]cccc2)c1.CO.CO.[Ir+3].[Ir+3]. The summed E-state index contributed by atoms with van der Waals surface area (Å²) in [6.45, 7) is 17.3. The molecule has 0 atom stereocenters. The molecule has 0 radical (unpaired) electrons. The molecule has 536 valence electrons. The van der Waals surface area contributed by atoms with E-state index >= 15 is 0 Å². The molecule has 106 heavy (non-hydrogen) atoms. The van der Waals surface area contributed by atoms with Crippen LogP contribution < -0.4 is 0 Å². The van der Waals surface area contributed by atoms with E-state index in [2.05, 4.69) is 201 Å². The second-order valence-electron chi connectivity index (χ2n) is 24.4. The van der Waals surface area contributed by atoms with Crippen molar-refractivity contribution in [3.8, 4) is 67.5 Å². The first kappa shape index (κ1) is 82.8. The third kappa shape index (κ3) is 22.7. The van der Waals surface area contributed by atoms with Crippen LogP contribution in [0.1, 0.15) is 101 Å². The summed E-state index contributed by atoms with van der Waals surface area (Å²) in [4.78, 5) is 26.4. The van der Waals surface area contributed by atoms with Gasteiger partial charge in [-0.15, -0.1) is 162 Å². The topological polar surface area (TPSA) is 144 Å². The number of hydrogen-bond donors (Lipinski definition) is 2. The number of pyridine rings is 6. The van der Waals surface area contributed by atoms with Crippen LogP contribution in [-0.4, -0.2) is 54.3 Å². The van der Waals surface area contributed by atoms with E-state index in [1.54, 1.807) is 0 Å². The third-order valence-corrected chi connectivity index (χ3v) is 17.0. The molecule has 0 fully saturated rings. The maximum Gasteiger partial charge on any atom is 3.00 e. The zero-order valence-corrected chi connectivity index (χ0v) is 66.5. The number of aromatic nitrogens is 6. The zero-order chi connectivity index (χ0) is 73.4. The fraction of sp³-hybridized carbons (Fsp3) is 0.170. The van der Waals surface area contributed by atoms with Gasteiger partial charge >= 0.3 is 40.2 Å². The molecule has 0 unspecified atom stereocenters. The van der Waals surface area contributed by atoms with E-state index in [1.165, 1.54) is 33.4 Å². The van der Waals surface area contributed by atoms with E-state index in [9.17, 15) is 0 Å². The molecule has 0 amide bonds. The van der Waals surface area contributed by atoms with Crippen molar-refractivity contribution >= 4 is 43.9 Å². The van der Waals surface area contributed by atoms with Gasteiger partial charge in [0.25, 0.3) is 0 Å². The molecule has 0 aliphatic rings. The first-order valence-electron chi connectivity index (χ1n) is 35.3. The Balaban J connectivity index is 0.000000177. The Hall–Kier alpha value is -10.5. The molecule has 16 rings (SSSR count). The Morgan fingerprint density at radius 1 is 0.302 bits per heavy atom. The summed E-state index contributed by atoms with van der Waals surface area (Å²) in [6, 6.07) is 99.3. The molecule has 0 spiro atoms. The zero-order valence-electron chi connectivity index (χ0n) is 61.7. The van der Waals surface area contributed by atoms with Gasteiger partial charge in [0.2, 0.25) is 0 Å². The number of furan rings is 2. The van der Waals surface area contributed by atoms with Crippen LogP contribution in [0.4, 0.5) is 0 Å². The smallest absolute Gasteiger partial charge is 0.501 e. The van der Waals surface area contributed by atoms with Gasteiger partial charge in [0, 0.05) is 73.1 Å². The Kier molecular flexibility index (Phi) is 34.1. The molecule has 8 aromatic heterocycles. The summed E-state index contributed by atoms with van der Waals surface area (Å²) in [5, 5.41) is 18.5. The average molecular weight is 1750 g/mol. The van der Waals surface area contributed by atoms with Crippen molar-refractivity contribution in [1.82, 2.24) is 29.9 Å². The molecule has 0 saturated carbocycles. The van der Waals surface area contributed by atoms with Crippen molar-refractivity contribution < 1.29 is 59.3 Å². The Bertz CT molecular complexity index is 4730. The van der Waals surface area contributed by atoms with Crippen LogP contribution in [0.15, 0.2) is 295 Å². The largest absolute Gasteiger partial charge is 3.00 e. The summed E-state index contributed by atoms with van der Waals surface area (Å²) in [5.41, 5.74) is 23.5. The minimum Gasteiger partial charge on any atom is -0.501 e. The number of rotatable bonds is 12. The van der Waals surface area contributed by atoms with Gasteiger partial charge in [-0.25, -0.2) is 0 Å². The summed E-state index contributed by atoms with van der Waals surface area (Å²) in [6.07, 6.45) is 15.3. The minimum atomic E-state index is 0. The maximum atomic E-state index is 7.00. The van der Waals surface area contributed by atoms with Gasteiger partial charge in [-0.2, -0.15) is 0 Å². The monoisotopic (exact) mass is 1750 g/mol. The number of aliphatic hydroxyl groups excluding tert-OH is 2. The molecule has 12 heteroatoms. The summed E-state index contributed by atoms with van der Waals surface area (Å²) in [5.74, 6) is 0.952. The van der Waals surface area contributed by atoms with Crippen LogP contribution in [0.2, 0.25) is 0 Å². The third-order valence-electron chi connectivity index (χ3n) is 17.0. The van der Waals surface area contributed by atoms with Crippen molar-refractivity contribution in [3.63, 3.8) is 0 Å². The summed E-state index contributed by atoms with van der Waals surface area (Å²) < 4.78 is 12.2. The van der Waals surface area contributed by atoms with Gasteiger partial charge in [0.15, 0.2) is 0 Å². The summed E-state index contributed by atoms with van der Waals surface area (Å²) in [7, 11) is 2.00. The van der Waals surface area contributed by atoms with Crippen molar-refractivity contribution in [1.29, 1.82) is 0 Å². The van der Waals surface area contributed by atoms with Crippen LogP contribution in [0.3, 0.4) is 0 Å². The number of benzene rings is 8. The quantitative estimate of drug-likeness (QED) is 0.113. The van der Waals surface area contributed by atoms with E-state index in [-0.39, 0.29) is 40.2 Å². The Morgan fingerprint density at radius 2 is 0.623 bits per heavy atom. The fourth-order valence-electron chi connectivity index (χ4n) is 11.3. The summed E-state index contributed by atoms with van der Waals surface area (Å²) >= 11 is 0. The first-order chi connectivity index (χ1) is 51.1. The van der Waals surface area contributed by atoms with Crippen molar-refractivity contribution in [2.24, 2.45) is 0 Å². The van der Waals surface area contributed by atoms with Gasteiger partial charge in [-0.05, 0) is 132 Å². The van der Waals surface area contributed by atoms with E-state index < -0.39 is 0 Å². The molecule has 8 aromatic carbocycles. The molecule has 0 aliphatic carbocycles. The molecule has 8 heterocycles. The van der Waals surface area contributed by atoms with Crippen LogP contribution in [0.5, 0.6) is 0 Å². The van der Waals surface area contributed by atoms with E-state index in [4.69, 9.17) is 19.0 Å². The number of aryl methyl sites for hydroxylation is 4. The second kappa shape index (κ2) is 43.7. The molecule has 2 N–H and O–H groups in total. The van der Waals surface area contributed by atoms with Gasteiger partial charge in [-0.3, -0.25) is 4.98 Å². The van der Waals surface area contributed by atoms with Crippen LogP contribution in [-0.2, 0) is 65.9 Å². The predicted molar refractivity (Wildman–Crippen MR) is 429 cm³/mol. The molecule has 0 saturated heterocycles. The van der Waals surface area contributed by atoms with Crippen molar-refractivity contribution in [2.45, 2.75) is 92.9 Å². The first-order valence-corrected chi connectivity index (χ1v) is 35.3. The number of para-hydroxylation sites is 3. The second-order valence-corrected chi connectivity index (χ2v) is 24.4. The number of nitrogens with zero attached hydrogens (tertiary/aromatic N) is 6. The van der Waals surface area contributed by atoms with Crippen molar-refractivity contribution in [2.75, 3.05) is 14.2 Å². The van der Waals surface area contributed by atoms with Gasteiger partial charge in [0.1, 0.15) is 16.7 Å². The number of aliphatic hydroxyl groups is 2. The van der Waals surface area contributed by atoms with E-state index in [1.807, 2.05) is 201 Å². The van der Waals surface area contributed by atoms with Gasteiger partial charge in [0.05, 0.1) is 11.3 Å². The van der Waals surface area contributed by atoms with Crippen LogP contribution in [0, 0.1) is 30.3 Å². The van der Waals surface area contributed by atoms with Gasteiger partial charge in [-0.1, -0.05) is 173 Å². The Morgan fingerprint density at radius 3 is 0.991 bits per heavy atom. The Labute approximate surface area is 652 Å². The molecular weight excluding hydrogens is 1660 g/mol. The molecular formula is C94H89Ir2N6O4+. The minimum absolute atomic E-state index is 0. The molecule has 10 nitrogen and oxygen atoms in total. The molecule has 0 bridgehead atoms. The van der Waals surface area contributed by atoms with Crippen LogP contribution >= 0.6 is 0 Å². The number of hydrogen-bond acceptors (Lipinski definition) is 10. The van der Waals surface area contributed by atoms with E-state index in [0.717, 1.165) is 151 Å². The standard InChI is InChI=1S/C20H17NO.C20H16NO.4C13H12N.2CH4O.2Ir/c2*1-13(2)14-10-11-21-18(12-14)17-8-5-7-16-15-6-3-4-9-19(15)22-20(16)17;4*1-2-11-8-9-14-13(10-11)12-6-4-3-5-7-12;2*1-2;;/h3-13H,1-2H3;3-7,9-13H,1-2H3;4*3-6,8-10H,2H2,1H3;2*2H,1H3;;/q;5*-1;;;2*+3. The maximum absolute atomic E-state index is 7.00. The van der Waals surface area contributed by atoms with Gasteiger partial charge < -0.3 is 44.0 Å². The van der Waals surface area contributed by atoms with Crippen molar-refractivity contribution in [3.05, 3.63) is 350 Å².